The molecule has 0 aliphatic heterocycles. The van der Waals surface area contributed by atoms with Gasteiger partial charge in [-0.1, -0.05) is 18.7 Å². The molecule has 0 spiro atoms. The van der Waals surface area contributed by atoms with Gasteiger partial charge in [0.25, 0.3) is 0 Å². The Morgan fingerprint density at radius 1 is 1.41 bits per heavy atom. The Balaban J connectivity index is 1.68. The van der Waals surface area contributed by atoms with Crippen LogP contribution in [0, 0.1) is 6.92 Å². The molecule has 0 bridgehead atoms. The van der Waals surface area contributed by atoms with E-state index in [1.807, 2.05) is 37.0 Å². The van der Waals surface area contributed by atoms with Crippen LogP contribution in [-0.2, 0) is 17.8 Å². The zero-order valence-electron chi connectivity index (χ0n) is 12.9. The largest absolute Gasteiger partial charge is 0.484 e. The number of hydrogen-bond acceptors (Lipinski definition) is 5. The minimum atomic E-state index is 0.0625. The number of carbonyl (C=O) groups is 1. The van der Waals surface area contributed by atoms with Gasteiger partial charge in [0.2, 0.25) is 5.12 Å². The summed E-state index contributed by atoms with van der Waals surface area (Å²) in [7, 11) is 0. The first-order valence-corrected chi connectivity index (χ1v) is 9.22. The fraction of sp³-hybridized carbons (Fsp3) is 0.438. The van der Waals surface area contributed by atoms with Crippen LogP contribution in [0.4, 0.5) is 0 Å². The number of nitrogens with zero attached hydrogens (tertiary/aromatic N) is 2. The summed E-state index contributed by atoms with van der Waals surface area (Å²) in [5, 5.41) is 0.0625. The molecule has 0 fully saturated rings. The summed E-state index contributed by atoms with van der Waals surface area (Å²) in [4.78, 5) is 17.3. The minimum absolute atomic E-state index is 0.0625. The third kappa shape index (κ3) is 5.42. The smallest absolute Gasteiger partial charge is 0.226 e. The molecule has 0 N–H and O–H groups in total. The zero-order chi connectivity index (χ0) is 15.8. The average Bonchev–Trinajstić information content (AvgIpc) is 2.92. The lowest BCUT2D eigenvalue weighted by molar-refractivity contribution is -0.697. The van der Waals surface area contributed by atoms with Crippen molar-refractivity contribution >= 4 is 28.2 Å². The fourth-order valence-electron chi connectivity index (χ4n) is 1.95. The first kappa shape index (κ1) is 17.0. The van der Waals surface area contributed by atoms with Gasteiger partial charge in [-0.15, -0.1) is 11.3 Å². The van der Waals surface area contributed by atoms with E-state index in [2.05, 4.69) is 16.5 Å². The van der Waals surface area contributed by atoms with Crippen molar-refractivity contribution in [2.45, 2.75) is 33.2 Å². The Bertz CT molecular complexity index is 596. The lowest BCUT2D eigenvalue weighted by Crippen LogP contribution is -2.31. The highest BCUT2D eigenvalue weighted by molar-refractivity contribution is 8.13. The Morgan fingerprint density at radius 3 is 2.82 bits per heavy atom. The second-order valence-corrected chi connectivity index (χ2v) is 6.98. The molecule has 2 aromatic rings. The fourth-order valence-corrected chi connectivity index (χ4v) is 3.54. The van der Waals surface area contributed by atoms with E-state index in [9.17, 15) is 4.79 Å². The number of carbonyl (C=O) groups excluding carboxylic acids is 1. The average molecular weight is 337 g/mol. The first-order valence-electron chi connectivity index (χ1n) is 7.35. The van der Waals surface area contributed by atoms with Crippen LogP contribution in [0.3, 0.4) is 0 Å². The van der Waals surface area contributed by atoms with Crippen molar-refractivity contribution in [2.24, 2.45) is 0 Å². The van der Waals surface area contributed by atoms with Gasteiger partial charge in [-0.3, -0.25) is 4.79 Å². The Kier molecular flexibility index (Phi) is 6.86. The molecule has 0 atom stereocenters. The molecule has 0 amide bonds. The van der Waals surface area contributed by atoms with Crippen LogP contribution in [0.5, 0.6) is 5.75 Å². The lowest BCUT2D eigenvalue weighted by Gasteiger charge is -2.04. The van der Waals surface area contributed by atoms with E-state index in [1.165, 1.54) is 16.6 Å². The van der Waals surface area contributed by atoms with Crippen molar-refractivity contribution in [3.8, 4) is 5.75 Å². The topological polar surface area (TPSA) is 43.1 Å². The normalized spacial score (nSPS) is 10.6. The van der Waals surface area contributed by atoms with Crippen LogP contribution in [0.15, 0.2) is 30.0 Å². The second-order valence-electron chi connectivity index (χ2n) is 4.89. The third-order valence-corrected chi connectivity index (χ3v) is 4.98. The highest BCUT2D eigenvalue weighted by atomic mass is 32.2. The Hall–Kier alpha value is -1.40. The molecule has 2 rings (SSSR count). The van der Waals surface area contributed by atoms with E-state index >= 15 is 0 Å². The summed E-state index contributed by atoms with van der Waals surface area (Å²) in [6, 6.07) is 3.79. The van der Waals surface area contributed by atoms with Gasteiger partial charge in [0.05, 0.1) is 11.2 Å². The standard InChI is InChI=1S/C16H21N2O2S2/c1-3-7-18-8-4-14(5-9-18)20-11-16(19)21-10-6-15-13(2)17-12-22-15/h4-5,8-9,12H,3,6-7,10-11H2,1-2H3/q+1. The van der Waals surface area contributed by atoms with Gasteiger partial charge in [-0.25, -0.2) is 9.55 Å². The number of thioether (sulfide) groups is 1. The van der Waals surface area contributed by atoms with Crippen molar-refractivity contribution in [1.82, 2.24) is 4.98 Å². The summed E-state index contributed by atoms with van der Waals surface area (Å²) in [5.74, 6) is 1.51. The third-order valence-electron chi connectivity index (χ3n) is 3.14. The Labute approximate surface area is 139 Å². The predicted molar refractivity (Wildman–Crippen MR) is 90.4 cm³/mol. The highest BCUT2D eigenvalue weighted by Crippen LogP contribution is 2.16. The van der Waals surface area contributed by atoms with Crippen LogP contribution in [0.25, 0.3) is 0 Å². The van der Waals surface area contributed by atoms with Crippen LogP contribution >= 0.6 is 23.1 Å². The maximum atomic E-state index is 11.8. The molecular formula is C16H21N2O2S2+. The van der Waals surface area contributed by atoms with Crippen LogP contribution in [0.1, 0.15) is 23.9 Å². The number of rotatable bonds is 8. The van der Waals surface area contributed by atoms with Gasteiger partial charge in [-0.2, -0.15) is 0 Å². The molecule has 4 nitrogen and oxygen atoms in total. The zero-order valence-corrected chi connectivity index (χ0v) is 14.6. The van der Waals surface area contributed by atoms with Gasteiger partial charge >= 0.3 is 0 Å². The van der Waals surface area contributed by atoms with Crippen molar-refractivity contribution in [2.75, 3.05) is 12.4 Å². The lowest BCUT2D eigenvalue weighted by atomic mass is 10.3. The second kappa shape index (κ2) is 8.90. The molecule has 22 heavy (non-hydrogen) atoms. The minimum Gasteiger partial charge on any atom is -0.484 e. The van der Waals surface area contributed by atoms with E-state index in [1.54, 1.807) is 11.3 Å². The monoisotopic (exact) mass is 337 g/mol. The van der Waals surface area contributed by atoms with Crippen molar-refractivity contribution in [3.63, 3.8) is 0 Å². The predicted octanol–water partition coefficient (Wildman–Crippen LogP) is 3.03. The molecule has 0 saturated heterocycles. The molecular weight excluding hydrogens is 316 g/mol. The number of aryl methyl sites for hydroxylation is 3. The van der Waals surface area contributed by atoms with E-state index < -0.39 is 0 Å². The van der Waals surface area contributed by atoms with Gasteiger partial charge < -0.3 is 4.74 Å². The maximum Gasteiger partial charge on any atom is 0.226 e. The van der Waals surface area contributed by atoms with Crippen molar-refractivity contribution < 1.29 is 14.1 Å². The summed E-state index contributed by atoms with van der Waals surface area (Å²) in [6.07, 6.45) is 5.93. The van der Waals surface area contributed by atoms with E-state index in [4.69, 9.17) is 4.74 Å². The molecule has 0 aromatic carbocycles. The molecule has 0 aliphatic carbocycles. The molecule has 0 radical (unpaired) electrons. The van der Waals surface area contributed by atoms with Gasteiger partial charge in [0, 0.05) is 29.2 Å². The van der Waals surface area contributed by atoms with E-state index in [-0.39, 0.29) is 11.7 Å². The quantitative estimate of drug-likeness (QED) is 0.695. The highest BCUT2D eigenvalue weighted by Gasteiger charge is 2.07. The van der Waals surface area contributed by atoms with E-state index in [0.29, 0.717) is 0 Å². The van der Waals surface area contributed by atoms with E-state index in [0.717, 1.165) is 36.6 Å². The molecule has 2 aromatic heterocycles. The van der Waals surface area contributed by atoms with Gasteiger partial charge in [0.15, 0.2) is 19.0 Å². The summed E-state index contributed by atoms with van der Waals surface area (Å²) in [6.45, 7) is 5.25. The van der Waals surface area contributed by atoms with Crippen molar-refractivity contribution in [3.05, 3.63) is 40.6 Å². The number of pyridine rings is 1. The maximum absolute atomic E-state index is 11.8. The molecule has 0 aliphatic rings. The first-order chi connectivity index (χ1) is 10.7. The van der Waals surface area contributed by atoms with Gasteiger partial charge in [-0.05, 0) is 13.3 Å². The molecule has 6 heteroatoms. The molecule has 0 unspecified atom stereocenters. The summed E-state index contributed by atoms with van der Waals surface area (Å²) < 4.78 is 7.62. The van der Waals surface area contributed by atoms with Crippen LogP contribution < -0.4 is 9.30 Å². The number of hydrogen-bond donors (Lipinski definition) is 0. The SMILES string of the molecule is CCC[n+]1ccc(OCC(=O)SCCc2scnc2C)cc1. The molecule has 0 saturated carbocycles. The molecule has 118 valence electrons. The summed E-state index contributed by atoms with van der Waals surface area (Å²) >= 11 is 2.97. The number of thiazole rings is 1. The number of ether oxygens (including phenoxy) is 1. The number of aromatic nitrogens is 2. The van der Waals surface area contributed by atoms with Gasteiger partial charge in [0.1, 0.15) is 12.3 Å². The Morgan fingerprint density at radius 2 is 2.18 bits per heavy atom. The summed E-state index contributed by atoms with van der Waals surface area (Å²) in [5.41, 5.74) is 2.92. The van der Waals surface area contributed by atoms with Crippen LogP contribution in [0.2, 0.25) is 0 Å². The van der Waals surface area contributed by atoms with Crippen molar-refractivity contribution in [1.29, 1.82) is 0 Å². The molecule has 2 heterocycles. The van der Waals surface area contributed by atoms with Crippen LogP contribution in [-0.4, -0.2) is 22.5 Å².